The predicted molar refractivity (Wildman–Crippen MR) is 92.3 cm³/mol. The molecule has 2 aliphatic rings. The van der Waals surface area contributed by atoms with Gasteiger partial charge in [0.2, 0.25) is 0 Å². The summed E-state index contributed by atoms with van der Waals surface area (Å²) in [5.41, 5.74) is 0. The summed E-state index contributed by atoms with van der Waals surface area (Å²) >= 11 is 0. The molecule has 1 aliphatic heterocycles. The lowest BCUT2D eigenvalue weighted by Gasteiger charge is -2.22. The first kappa shape index (κ1) is 17.0. The Bertz CT molecular complexity index is 574. The number of aromatic nitrogens is 1. The first-order chi connectivity index (χ1) is 11.5. The van der Waals surface area contributed by atoms with Gasteiger partial charge in [-0.05, 0) is 37.8 Å². The molecule has 132 valence electrons. The second-order valence-corrected chi connectivity index (χ2v) is 6.95. The molecule has 0 bridgehead atoms. The molecule has 0 spiro atoms. The zero-order valence-corrected chi connectivity index (χ0v) is 14.8. The molecule has 6 heteroatoms. The van der Waals surface area contributed by atoms with Crippen LogP contribution in [0.15, 0.2) is 18.3 Å². The van der Waals surface area contributed by atoms with Gasteiger partial charge < -0.3 is 19.3 Å². The number of anilines is 1. The quantitative estimate of drug-likeness (QED) is 0.763. The van der Waals surface area contributed by atoms with Crippen molar-refractivity contribution < 1.29 is 14.3 Å². The van der Waals surface area contributed by atoms with Crippen molar-refractivity contribution in [2.24, 2.45) is 5.92 Å². The third-order valence-corrected chi connectivity index (χ3v) is 4.55. The van der Waals surface area contributed by atoms with Gasteiger partial charge in [-0.2, -0.15) is 0 Å². The van der Waals surface area contributed by atoms with Crippen LogP contribution in [0.3, 0.4) is 0 Å². The molecule has 3 rings (SSSR count). The molecule has 1 aliphatic carbocycles. The first-order valence-corrected chi connectivity index (χ1v) is 8.74. The minimum Gasteiger partial charge on any atom is -0.485 e. The predicted octanol–water partition coefficient (Wildman–Crippen LogP) is 1.94. The van der Waals surface area contributed by atoms with E-state index in [-0.39, 0.29) is 18.1 Å². The van der Waals surface area contributed by atoms with Crippen LogP contribution in [0, 0.1) is 5.92 Å². The zero-order chi connectivity index (χ0) is 17.1. The van der Waals surface area contributed by atoms with E-state index in [2.05, 4.69) is 4.98 Å². The van der Waals surface area contributed by atoms with E-state index in [0.29, 0.717) is 19.1 Å². The van der Waals surface area contributed by atoms with Crippen molar-refractivity contribution in [1.82, 2.24) is 9.88 Å². The molecule has 2 atom stereocenters. The molecule has 1 amide bonds. The van der Waals surface area contributed by atoms with E-state index in [1.54, 1.807) is 6.20 Å². The maximum absolute atomic E-state index is 12.5. The molecule has 2 fully saturated rings. The number of amides is 1. The Balaban J connectivity index is 1.52. The van der Waals surface area contributed by atoms with Crippen molar-refractivity contribution in [3.8, 4) is 5.75 Å². The molecule has 24 heavy (non-hydrogen) atoms. The lowest BCUT2D eigenvalue weighted by molar-refractivity contribution is -0.142. The molecule has 2 unspecified atom stereocenters. The molecule has 0 N–H and O–H groups in total. The highest BCUT2D eigenvalue weighted by molar-refractivity contribution is 5.80. The standard InChI is InChI=1S/C18H27N3O3/c1-13(23-12-14-6-7-14)18(22)21-10-8-15(11-21)24-16-5-4-9-19-17(16)20(2)3/h4-5,9,13-15H,6-8,10-12H2,1-3H3. The van der Waals surface area contributed by atoms with E-state index in [9.17, 15) is 4.79 Å². The first-order valence-electron chi connectivity index (χ1n) is 8.74. The average Bonchev–Trinajstić information content (AvgIpc) is 3.29. The second-order valence-electron chi connectivity index (χ2n) is 6.95. The summed E-state index contributed by atoms with van der Waals surface area (Å²) in [6, 6.07) is 3.79. The lowest BCUT2D eigenvalue weighted by atomic mass is 10.3. The van der Waals surface area contributed by atoms with Crippen LogP contribution in [-0.2, 0) is 9.53 Å². The van der Waals surface area contributed by atoms with E-state index < -0.39 is 0 Å². The molecule has 6 nitrogen and oxygen atoms in total. The van der Waals surface area contributed by atoms with Crippen LogP contribution in [0.1, 0.15) is 26.2 Å². The summed E-state index contributed by atoms with van der Waals surface area (Å²) in [5.74, 6) is 2.31. The molecular formula is C18H27N3O3. The van der Waals surface area contributed by atoms with Gasteiger partial charge in [-0.3, -0.25) is 4.79 Å². The highest BCUT2D eigenvalue weighted by atomic mass is 16.5. The van der Waals surface area contributed by atoms with Crippen molar-refractivity contribution >= 4 is 11.7 Å². The number of hydrogen-bond donors (Lipinski definition) is 0. The summed E-state index contributed by atoms with van der Waals surface area (Å²) in [4.78, 5) is 20.6. The molecule has 1 saturated heterocycles. The molecule has 1 aromatic rings. The van der Waals surface area contributed by atoms with Crippen molar-refractivity contribution in [2.45, 2.75) is 38.4 Å². The van der Waals surface area contributed by atoms with Crippen LogP contribution in [0.2, 0.25) is 0 Å². The number of rotatable bonds is 7. The third kappa shape index (κ3) is 4.17. The Morgan fingerprint density at radius 2 is 2.21 bits per heavy atom. The summed E-state index contributed by atoms with van der Waals surface area (Å²) in [6.45, 7) is 3.89. The Labute approximate surface area is 143 Å². The number of likely N-dealkylation sites (tertiary alicyclic amines) is 1. The van der Waals surface area contributed by atoms with E-state index in [1.165, 1.54) is 12.8 Å². The fourth-order valence-electron chi connectivity index (χ4n) is 2.91. The van der Waals surface area contributed by atoms with Crippen molar-refractivity contribution in [3.63, 3.8) is 0 Å². The molecule has 0 radical (unpaired) electrons. The van der Waals surface area contributed by atoms with Crippen LogP contribution < -0.4 is 9.64 Å². The highest BCUT2D eigenvalue weighted by Crippen LogP contribution is 2.30. The fourth-order valence-corrected chi connectivity index (χ4v) is 2.91. The number of ether oxygens (including phenoxy) is 2. The molecule has 1 aromatic heterocycles. The van der Waals surface area contributed by atoms with Gasteiger partial charge in [0.25, 0.3) is 5.91 Å². The van der Waals surface area contributed by atoms with E-state index >= 15 is 0 Å². The topological polar surface area (TPSA) is 54.9 Å². The number of nitrogens with zero attached hydrogens (tertiary/aromatic N) is 3. The number of hydrogen-bond acceptors (Lipinski definition) is 5. The van der Waals surface area contributed by atoms with Crippen molar-refractivity contribution in [2.75, 3.05) is 38.7 Å². The van der Waals surface area contributed by atoms with Crippen LogP contribution >= 0.6 is 0 Å². The number of pyridine rings is 1. The van der Waals surface area contributed by atoms with Crippen molar-refractivity contribution in [3.05, 3.63) is 18.3 Å². The Morgan fingerprint density at radius 1 is 1.42 bits per heavy atom. The summed E-state index contributed by atoms with van der Waals surface area (Å²) < 4.78 is 11.8. The molecule has 2 heterocycles. The monoisotopic (exact) mass is 333 g/mol. The minimum absolute atomic E-state index is 0.00693. The van der Waals surface area contributed by atoms with Gasteiger partial charge in [0.1, 0.15) is 12.2 Å². The minimum atomic E-state index is -0.361. The van der Waals surface area contributed by atoms with Gasteiger partial charge >= 0.3 is 0 Å². The maximum atomic E-state index is 12.5. The third-order valence-electron chi connectivity index (χ3n) is 4.55. The van der Waals surface area contributed by atoms with Gasteiger partial charge in [0.15, 0.2) is 11.6 Å². The number of carbonyl (C=O) groups excluding carboxylic acids is 1. The van der Waals surface area contributed by atoms with Gasteiger partial charge in [-0.25, -0.2) is 4.98 Å². The fraction of sp³-hybridized carbons (Fsp3) is 0.667. The number of carbonyl (C=O) groups is 1. The van der Waals surface area contributed by atoms with Gasteiger partial charge in [-0.1, -0.05) is 0 Å². The Kier molecular flexibility index (Phi) is 5.23. The lowest BCUT2D eigenvalue weighted by Crippen LogP contribution is -2.38. The molecule has 1 saturated carbocycles. The Morgan fingerprint density at radius 3 is 2.92 bits per heavy atom. The van der Waals surface area contributed by atoms with Gasteiger partial charge in [-0.15, -0.1) is 0 Å². The van der Waals surface area contributed by atoms with E-state index in [4.69, 9.17) is 9.47 Å². The highest BCUT2D eigenvalue weighted by Gasteiger charge is 2.32. The maximum Gasteiger partial charge on any atom is 0.251 e. The average molecular weight is 333 g/mol. The summed E-state index contributed by atoms with van der Waals surface area (Å²) in [5, 5.41) is 0. The Hall–Kier alpha value is -1.82. The van der Waals surface area contributed by atoms with E-state index in [1.807, 2.05) is 43.0 Å². The van der Waals surface area contributed by atoms with Crippen LogP contribution in [0.25, 0.3) is 0 Å². The molecule has 0 aromatic carbocycles. The zero-order valence-electron chi connectivity index (χ0n) is 14.8. The summed E-state index contributed by atoms with van der Waals surface area (Å²) in [6.07, 6.45) is 4.71. The molecular weight excluding hydrogens is 306 g/mol. The van der Waals surface area contributed by atoms with E-state index in [0.717, 1.165) is 24.5 Å². The normalized spacial score (nSPS) is 21.6. The van der Waals surface area contributed by atoms with Crippen LogP contribution in [0.4, 0.5) is 5.82 Å². The van der Waals surface area contributed by atoms with Gasteiger partial charge in [0, 0.05) is 33.3 Å². The van der Waals surface area contributed by atoms with Crippen molar-refractivity contribution in [1.29, 1.82) is 0 Å². The smallest absolute Gasteiger partial charge is 0.251 e. The largest absolute Gasteiger partial charge is 0.485 e. The SMILES string of the molecule is CC(OCC1CC1)C(=O)N1CCC(Oc2cccnc2N(C)C)C1. The van der Waals surface area contributed by atoms with Crippen LogP contribution in [-0.4, -0.2) is 61.8 Å². The van der Waals surface area contributed by atoms with Crippen LogP contribution in [0.5, 0.6) is 5.75 Å². The summed E-state index contributed by atoms with van der Waals surface area (Å²) in [7, 11) is 3.89. The van der Waals surface area contributed by atoms with Gasteiger partial charge in [0.05, 0.1) is 13.2 Å². The second kappa shape index (κ2) is 7.38.